The molecule has 3 heteroatoms. The van der Waals surface area contributed by atoms with Crippen molar-refractivity contribution in [3.05, 3.63) is 35.9 Å². The van der Waals surface area contributed by atoms with E-state index in [1.54, 1.807) is 0 Å². The van der Waals surface area contributed by atoms with Crippen molar-refractivity contribution in [3.8, 4) is 0 Å². The summed E-state index contributed by atoms with van der Waals surface area (Å²) in [6.45, 7) is 1.54. The molecule has 2 rings (SSSR count). The van der Waals surface area contributed by atoms with Gasteiger partial charge in [-0.3, -0.25) is 0 Å². The maximum Gasteiger partial charge on any atom is 0.157 e. The molecule has 17 heavy (non-hydrogen) atoms. The summed E-state index contributed by atoms with van der Waals surface area (Å²) >= 11 is 2.01. The van der Waals surface area contributed by atoms with Crippen LogP contribution in [0.15, 0.2) is 30.3 Å². The van der Waals surface area contributed by atoms with E-state index in [1.165, 1.54) is 24.2 Å². The lowest BCUT2D eigenvalue weighted by Gasteiger charge is -2.08. The van der Waals surface area contributed by atoms with E-state index in [2.05, 4.69) is 30.3 Å². The van der Waals surface area contributed by atoms with Crippen molar-refractivity contribution in [2.45, 2.75) is 31.3 Å². The van der Waals surface area contributed by atoms with E-state index in [9.17, 15) is 0 Å². The zero-order valence-electron chi connectivity index (χ0n) is 10.1. The lowest BCUT2D eigenvalue weighted by atomic mass is 10.2. The Morgan fingerprint density at radius 1 is 1.06 bits per heavy atom. The van der Waals surface area contributed by atoms with E-state index in [0.717, 1.165) is 25.4 Å². The molecule has 1 fully saturated rings. The van der Waals surface area contributed by atoms with E-state index in [0.29, 0.717) is 0 Å². The molecule has 0 N–H and O–H groups in total. The van der Waals surface area contributed by atoms with Gasteiger partial charge in [-0.05, 0) is 30.6 Å². The van der Waals surface area contributed by atoms with Crippen LogP contribution >= 0.6 is 11.8 Å². The second kappa shape index (κ2) is 7.75. The zero-order chi connectivity index (χ0) is 11.8. The van der Waals surface area contributed by atoms with Crippen LogP contribution < -0.4 is 0 Å². The summed E-state index contributed by atoms with van der Waals surface area (Å²) in [4.78, 5) is 0. The summed E-state index contributed by atoms with van der Waals surface area (Å²) in [5.74, 6) is 2.35. The van der Waals surface area contributed by atoms with Crippen LogP contribution in [0, 0.1) is 0 Å². The van der Waals surface area contributed by atoms with E-state index < -0.39 is 0 Å². The summed E-state index contributed by atoms with van der Waals surface area (Å²) in [7, 11) is 0. The molecule has 0 aliphatic carbocycles. The minimum atomic E-state index is 0.0779. The van der Waals surface area contributed by atoms with Gasteiger partial charge < -0.3 is 9.47 Å². The fourth-order valence-electron chi connectivity index (χ4n) is 1.85. The van der Waals surface area contributed by atoms with Crippen LogP contribution in [0.5, 0.6) is 0 Å². The van der Waals surface area contributed by atoms with Gasteiger partial charge in [0.2, 0.25) is 0 Å². The first kappa shape index (κ1) is 12.9. The van der Waals surface area contributed by atoms with Crippen molar-refractivity contribution in [3.63, 3.8) is 0 Å². The molecule has 0 amide bonds. The lowest BCUT2D eigenvalue weighted by molar-refractivity contribution is -0.0477. The monoisotopic (exact) mass is 252 g/mol. The second-order valence-corrected chi connectivity index (χ2v) is 5.31. The molecule has 0 saturated carbocycles. The van der Waals surface area contributed by atoms with E-state index >= 15 is 0 Å². The molecule has 94 valence electrons. The van der Waals surface area contributed by atoms with E-state index in [-0.39, 0.29) is 6.29 Å². The van der Waals surface area contributed by atoms with Gasteiger partial charge >= 0.3 is 0 Å². The normalized spacial score (nSPS) is 16.5. The Kier molecular flexibility index (Phi) is 5.89. The first-order valence-corrected chi connectivity index (χ1v) is 7.45. The Morgan fingerprint density at radius 2 is 1.82 bits per heavy atom. The predicted octanol–water partition coefficient (Wildman–Crippen LogP) is 3.46. The standard InChI is InChI=1S/C14H20O2S/c1-2-6-13(7-3-1)12-17-11-5-4-8-14-15-9-10-16-14/h1-3,6-7,14H,4-5,8-12H2. The number of benzene rings is 1. The van der Waals surface area contributed by atoms with Crippen molar-refractivity contribution in [2.75, 3.05) is 19.0 Å². The summed E-state index contributed by atoms with van der Waals surface area (Å²) in [6.07, 6.45) is 3.58. The molecule has 0 radical (unpaired) electrons. The summed E-state index contributed by atoms with van der Waals surface area (Å²) in [5.41, 5.74) is 1.42. The van der Waals surface area contributed by atoms with Crippen molar-refractivity contribution in [1.29, 1.82) is 0 Å². The first-order valence-electron chi connectivity index (χ1n) is 6.30. The highest BCUT2D eigenvalue weighted by Gasteiger charge is 2.14. The molecule has 0 bridgehead atoms. The quantitative estimate of drug-likeness (QED) is 0.692. The molecule has 0 spiro atoms. The molecule has 1 saturated heterocycles. The number of hydrogen-bond acceptors (Lipinski definition) is 3. The highest BCUT2D eigenvalue weighted by Crippen LogP contribution is 2.16. The minimum Gasteiger partial charge on any atom is -0.350 e. The van der Waals surface area contributed by atoms with Crippen LogP contribution in [0.25, 0.3) is 0 Å². The number of rotatable bonds is 7. The van der Waals surface area contributed by atoms with E-state index in [4.69, 9.17) is 9.47 Å². The van der Waals surface area contributed by atoms with Gasteiger partial charge in [-0.25, -0.2) is 0 Å². The van der Waals surface area contributed by atoms with Crippen LogP contribution in [0.4, 0.5) is 0 Å². The average Bonchev–Trinajstić information content (AvgIpc) is 2.88. The van der Waals surface area contributed by atoms with Gasteiger partial charge in [-0.15, -0.1) is 0 Å². The van der Waals surface area contributed by atoms with Crippen LogP contribution in [-0.2, 0) is 15.2 Å². The Bertz CT molecular complexity index is 296. The Labute approximate surface area is 108 Å². The highest BCUT2D eigenvalue weighted by atomic mass is 32.2. The van der Waals surface area contributed by atoms with Gasteiger partial charge in [0, 0.05) is 5.75 Å². The van der Waals surface area contributed by atoms with E-state index in [1.807, 2.05) is 11.8 Å². The molecule has 1 aromatic rings. The summed E-state index contributed by atoms with van der Waals surface area (Å²) in [6, 6.07) is 10.6. The Hall–Kier alpha value is -0.510. The van der Waals surface area contributed by atoms with Gasteiger partial charge in [-0.2, -0.15) is 11.8 Å². The maximum atomic E-state index is 5.40. The molecular weight excluding hydrogens is 232 g/mol. The van der Waals surface area contributed by atoms with Crippen molar-refractivity contribution < 1.29 is 9.47 Å². The third kappa shape index (κ3) is 5.11. The molecule has 2 nitrogen and oxygen atoms in total. The number of unbranched alkanes of at least 4 members (excludes halogenated alkanes) is 1. The van der Waals surface area contributed by atoms with Crippen LogP contribution in [-0.4, -0.2) is 25.3 Å². The molecule has 1 heterocycles. The first-order chi connectivity index (χ1) is 8.45. The van der Waals surface area contributed by atoms with Crippen molar-refractivity contribution in [2.24, 2.45) is 0 Å². The van der Waals surface area contributed by atoms with Crippen molar-refractivity contribution >= 4 is 11.8 Å². The summed E-state index contributed by atoms with van der Waals surface area (Å²) in [5, 5.41) is 0. The van der Waals surface area contributed by atoms with Gasteiger partial charge in [0.05, 0.1) is 13.2 Å². The predicted molar refractivity (Wildman–Crippen MR) is 72.1 cm³/mol. The zero-order valence-corrected chi connectivity index (χ0v) is 11.0. The van der Waals surface area contributed by atoms with Crippen LogP contribution in [0.1, 0.15) is 24.8 Å². The Balaban J connectivity index is 1.46. The topological polar surface area (TPSA) is 18.5 Å². The number of ether oxygens (including phenoxy) is 2. The molecule has 1 aliphatic heterocycles. The molecule has 0 unspecified atom stereocenters. The smallest absolute Gasteiger partial charge is 0.157 e. The van der Waals surface area contributed by atoms with Gasteiger partial charge in [0.15, 0.2) is 6.29 Å². The van der Waals surface area contributed by atoms with Gasteiger partial charge in [0.25, 0.3) is 0 Å². The van der Waals surface area contributed by atoms with Gasteiger partial charge in [0.1, 0.15) is 0 Å². The largest absolute Gasteiger partial charge is 0.350 e. The minimum absolute atomic E-state index is 0.0779. The van der Waals surface area contributed by atoms with Gasteiger partial charge in [-0.1, -0.05) is 30.3 Å². The third-order valence-corrected chi connectivity index (χ3v) is 3.90. The fraction of sp³-hybridized carbons (Fsp3) is 0.571. The van der Waals surface area contributed by atoms with Crippen LogP contribution in [0.3, 0.4) is 0 Å². The molecule has 1 aromatic carbocycles. The van der Waals surface area contributed by atoms with Crippen LogP contribution in [0.2, 0.25) is 0 Å². The molecule has 0 atom stereocenters. The Morgan fingerprint density at radius 3 is 2.59 bits per heavy atom. The molecule has 1 aliphatic rings. The third-order valence-electron chi connectivity index (χ3n) is 2.78. The average molecular weight is 252 g/mol. The second-order valence-electron chi connectivity index (χ2n) is 4.21. The lowest BCUT2D eigenvalue weighted by Crippen LogP contribution is -2.06. The highest BCUT2D eigenvalue weighted by molar-refractivity contribution is 7.98. The maximum absolute atomic E-state index is 5.40. The molecule has 0 aromatic heterocycles. The molecular formula is C14H20O2S. The number of hydrogen-bond donors (Lipinski definition) is 0. The summed E-state index contributed by atoms with van der Waals surface area (Å²) < 4.78 is 10.8. The van der Waals surface area contributed by atoms with Crippen molar-refractivity contribution in [1.82, 2.24) is 0 Å². The number of thioether (sulfide) groups is 1. The SMILES string of the molecule is c1ccc(CSCCCCC2OCCO2)cc1. The fourth-order valence-corrected chi connectivity index (χ4v) is 2.83.